The van der Waals surface area contributed by atoms with Crippen molar-refractivity contribution >= 4 is 11.3 Å². The lowest BCUT2D eigenvalue weighted by Crippen LogP contribution is -2.24. The minimum absolute atomic E-state index is 0.172. The van der Waals surface area contributed by atoms with Crippen LogP contribution in [0.2, 0.25) is 0 Å². The normalized spacial score (nSPS) is 12.8. The van der Waals surface area contributed by atoms with Gasteiger partial charge in [-0.15, -0.1) is 21.5 Å². The molecule has 2 aromatic rings. The second-order valence-electron chi connectivity index (χ2n) is 3.82. The van der Waals surface area contributed by atoms with Crippen molar-refractivity contribution in [3.05, 3.63) is 22.4 Å². The average molecular weight is 252 g/mol. The van der Waals surface area contributed by atoms with Crippen LogP contribution in [0.25, 0.3) is 0 Å². The van der Waals surface area contributed by atoms with E-state index >= 15 is 0 Å². The SMILES string of the molecule is CCCNC(Cc1nnn(C)n1)c1cscn1. The van der Waals surface area contributed by atoms with Crippen molar-refractivity contribution in [2.75, 3.05) is 6.54 Å². The van der Waals surface area contributed by atoms with E-state index in [9.17, 15) is 0 Å². The summed E-state index contributed by atoms with van der Waals surface area (Å²) in [6.45, 7) is 3.11. The molecular weight excluding hydrogens is 236 g/mol. The van der Waals surface area contributed by atoms with E-state index in [4.69, 9.17) is 0 Å². The minimum Gasteiger partial charge on any atom is -0.308 e. The Labute approximate surface area is 104 Å². The Morgan fingerprint density at radius 1 is 1.53 bits per heavy atom. The largest absolute Gasteiger partial charge is 0.308 e. The Morgan fingerprint density at radius 2 is 2.41 bits per heavy atom. The molecule has 2 rings (SSSR count). The number of aryl methyl sites for hydroxylation is 1. The number of tetrazole rings is 1. The Morgan fingerprint density at radius 3 is 3.00 bits per heavy atom. The van der Waals surface area contributed by atoms with E-state index in [-0.39, 0.29) is 6.04 Å². The number of hydrogen-bond donors (Lipinski definition) is 1. The monoisotopic (exact) mass is 252 g/mol. The van der Waals surface area contributed by atoms with Crippen molar-refractivity contribution in [1.82, 2.24) is 30.5 Å². The molecule has 1 N–H and O–H groups in total. The van der Waals surface area contributed by atoms with Crippen LogP contribution >= 0.6 is 11.3 Å². The lowest BCUT2D eigenvalue weighted by Gasteiger charge is -2.14. The summed E-state index contributed by atoms with van der Waals surface area (Å²) in [4.78, 5) is 5.83. The van der Waals surface area contributed by atoms with Crippen LogP contribution in [0.5, 0.6) is 0 Å². The van der Waals surface area contributed by atoms with Crippen LogP contribution in [0.3, 0.4) is 0 Å². The smallest absolute Gasteiger partial charge is 0.176 e. The van der Waals surface area contributed by atoms with E-state index < -0.39 is 0 Å². The van der Waals surface area contributed by atoms with Crippen LogP contribution in [0.1, 0.15) is 30.9 Å². The van der Waals surface area contributed by atoms with Gasteiger partial charge in [-0.1, -0.05) is 6.92 Å². The quantitative estimate of drug-likeness (QED) is 0.829. The van der Waals surface area contributed by atoms with Crippen LogP contribution in [0, 0.1) is 0 Å². The second-order valence-corrected chi connectivity index (χ2v) is 4.54. The number of aromatic nitrogens is 5. The molecule has 2 aromatic heterocycles. The maximum atomic E-state index is 4.35. The van der Waals surface area contributed by atoms with Gasteiger partial charge in [0.05, 0.1) is 24.3 Å². The van der Waals surface area contributed by atoms with Gasteiger partial charge in [0.1, 0.15) is 0 Å². The highest BCUT2D eigenvalue weighted by atomic mass is 32.1. The third kappa shape index (κ3) is 3.31. The highest BCUT2D eigenvalue weighted by Crippen LogP contribution is 2.16. The first-order chi connectivity index (χ1) is 8.29. The topological polar surface area (TPSA) is 68.5 Å². The summed E-state index contributed by atoms with van der Waals surface area (Å²) < 4.78 is 0. The average Bonchev–Trinajstić information content (AvgIpc) is 2.95. The molecule has 0 fully saturated rings. The third-order valence-electron chi connectivity index (χ3n) is 2.39. The van der Waals surface area contributed by atoms with Crippen molar-refractivity contribution in [1.29, 1.82) is 0 Å². The van der Waals surface area contributed by atoms with E-state index in [1.165, 1.54) is 4.80 Å². The molecule has 0 aromatic carbocycles. The highest BCUT2D eigenvalue weighted by Gasteiger charge is 2.16. The molecule has 0 aliphatic heterocycles. The lowest BCUT2D eigenvalue weighted by molar-refractivity contribution is 0.508. The minimum atomic E-state index is 0.172. The standard InChI is InChI=1S/C10H16N6S/c1-3-4-11-8(9-6-17-7-12-9)5-10-13-15-16(2)14-10/h6-8,11H,3-5H2,1-2H3. The molecule has 2 heterocycles. The lowest BCUT2D eigenvalue weighted by atomic mass is 10.1. The van der Waals surface area contributed by atoms with Gasteiger partial charge in [0.15, 0.2) is 5.82 Å². The van der Waals surface area contributed by atoms with Crippen molar-refractivity contribution in [3.63, 3.8) is 0 Å². The van der Waals surface area contributed by atoms with Crippen LogP contribution in [-0.2, 0) is 13.5 Å². The number of thiazole rings is 1. The Hall–Kier alpha value is -1.34. The molecule has 0 aliphatic carbocycles. The van der Waals surface area contributed by atoms with Gasteiger partial charge in [-0.2, -0.15) is 4.80 Å². The molecule has 6 nitrogen and oxygen atoms in total. The van der Waals surface area contributed by atoms with E-state index in [0.29, 0.717) is 0 Å². The van der Waals surface area contributed by atoms with Gasteiger partial charge in [0.2, 0.25) is 0 Å². The zero-order valence-corrected chi connectivity index (χ0v) is 10.8. The van der Waals surface area contributed by atoms with E-state index in [2.05, 4.69) is 38.0 Å². The molecule has 92 valence electrons. The maximum absolute atomic E-state index is 4.35. The van der Waals surface area contributed by atoms with E-state index in [1.54, 1.807) is 18.4 Å². The summed E-state index contributed by atoms with van der Waals surface area (Å²) in [5, 5.41) is 17.6. The third-order valence-corrected chi connectivity index (χ3v) is 2.99. The summed E-state index contributed by atoms with van der Waals surface area (Å²) in [5.41, 5.74) is 2.90. The van der Waals surface area contributed by atoms with Gasteiger partial charge >= 0.3 is 0 Å². The summed E-state index contributed by atoms with van der Waals surface area (Å²) >= 11 is 1.60. The van der Waals surface area contributed by atoms with Crippen LogP contribution in [-0.4, -0.2) is 31.7 Å². The Kier molecular flexibility index (Phi) is 4.16. The van der Waals surface area contributed by atoms with Gasteiger partial charge < -0.3 is 5.32 Å². The fourth-order valence-electron chi connectivity index (χ4n) is 1.58. The van der Waals surface area contributed by atoms with Gasteiger partial charge in [-0.25, -0.2) is 4.98 Å². The van der Waals surface area contributed by atoms with Crippen LogP contribution < -0.4 is 5.32 Å². The van der Waals surface area contributed by atoms with Crippen molar-refractivity contribution in [2.45, 2.75) is 25.8 Å². The molecule has 0 saturated carbocycles. The van der Waals surface area contributed by atoms with Crippen molar-refractivity contribution in [2.24, 2.45) is 7.05 Å². The van der Waals surface area contributed by atoms with Crippen LogP contribution in [0.4, 0.5) is 0 Å². The van der Waals surface area contributed by atoms with Gasteiger partial charge in [0, 0.05) is 11.8 Å². The molecule has 0 spiro atoms. The number of rotatable bonds is 6. The summed E-state index contributed by atoms with van der Waals surface area (Å²) in [7, 11) is 1.77. The van der Waals surface area contributed by atoms with Crippen LogP contribution in [0.15, 0.2) is 10.9 Å². The Balaban J connectivity index is 2.05. The van der Waals surface area contributed by atoms with Gasteiger partial charge in [-0.05, 0) is 18.2 Å². The van der Waals surface area contributed by atoms with Crippen molar-refractivity contribution in [3.8, 4) is 0 Å². The predicted octanol–water partition coefficient (Wildman–Crippen LogP) is 0.950. The molecule has 0 saturated heterocycles. The summed E-state index contributed by atoms with van der Waals surface area (Å²) in [6, 6.07) is 0.172. The van der Waals surface area contributed by atoms with Gasteiger partial charge in [0.25, 0.3) is 0 Å². The molecular formula is C10H16N6S. The van der Waals surface area contributed by atoms with E-state index in [1.807, 2.05) is 5.51 Å². The molecule has 1 unspecified atom stereocenters. The highest BCUT2D eigenvalue weighted by molar-refractivity contribution is 7.07. The summed E-state index contributed by atoms with van der Waals surface area (Å²) in [6.07, 6.45) is 1.81. The first-order valence-corrected chi connectivity index (χ1v) is 6.58. The van der Waals surface area contributed by atoms with E-state index in [0.717, 1.165) is 30.9 Å². The zero-order chi connectivity index (χ0) is 12.1. The number of hydrogen-bond acceptors (Lipinski definition) is 6. The fourth-order valence-corrected chi connectivity index (χ4v) is 2.19. The Bertz CT molecular complexity index is 437. The number of nitrogens with zero attached hydrogens (tertiary/aromatic N) is 5. The molecule has 0 aliphatic rings. The molecule has 17 heavy (non-hydrogen) atoms. The zero-order valence-electron chi connectivity index (χ0n) is 10.00. The first kappa shape index (κ1) is 12.1. The molecule has 0 amide bonds. The van der Waals surface area contributed by atoms with Crippen molar-refractivity contribution < 1.29 is 0 Å². The molecule has 1 atom stereocenters. The maximum Gasteiger partial charge on any atom is 0.176 e. The molecule has 7 heteroatoms. The molecule has 0 bridgehead atoms. The molecule has 0 radical (unpaired) electrons. The fraction of sp³-hybridized carbons (Fsp3) is 0.600. The summed E-state index contributed by atoms with van der Waals surface area (Å²) in [5.74, 6) is 0.745. The predicted molar refractivity (Wildman–Crippen MR) is 65.7 cm³/mol. The second kappa shape index (κ2) is 5.83. The van der Waals surface area contributed by atoms with Gasteiger partial charge in [-0.3, -0.25) is 0 Å². The number of nitrogens with one attached hydrogen (secondary N) is 1. The first-order valence-electron chi connectivity index (χ1n) is 5.64.